The lowest BCUT2D eigenvalue weighted by Crippen LogP contribution is -2.30. The maximum Gasteiger partial charge on any atom is 0.306 e. The summed E-state index contributed by atoms with van der Waals surface area (Å²) in [4.78, 5) is 37.9. The summed E-state index contributed by atoms with van der Waals surface area (Å²) in [6.07, 6.45) is 55.2. The van der Waals surface area contributed by atoms with Crippen molar-refractivity contribution in [3.8, 4) is 0 Å². The fourth-order valence-corrected chi connectivity index (χ4v) is 8.45. The molecule has 0 N–H and O–H groups in total. The molecule has 61 heavy (non-hydrogen) atoms. The van der Waals surface area contributed by atoms with Crippen molar-refractivity contribution in [1.82, 2.24) is 0 Å². The summed E-state index contributed by atoms with van der Waals surface area (Å²) >= 11 is 0. The van der Waals surface area contributed by atoms with Crippen molar-refractivity contribution >= 4 is 17.9 Å². The zero-order chi connectivity index (χ0) is 44.4. The molecule has 1 unspecified atom stereocenters. The first-order chi connectivity index (χ1) is 30.0. The maximum absolute atomic E-state index is 12.8. The summed E-state index contributed by atoms with van der Waals surface area (Å²) in [6.45, 7) is 6.68. The Kier molecular flexibility index (Phi) is 49.7. The van der Waals surface area contributed by atoms with E-state index in [0.29, 0.717) is 19.3 Å². The van der Waals surface area contributed by atoms with Gasteiger partial charge < -0.3 is 14.2 Å². The fourth-order valence-electron chi connectivity index (χ4n) is 8.45. The second kappa shape index (κ2) is 51.0. The van der Waals surface area contributed by atoms with Gasteiger partial charge in [-0.2, -0.15) is 0 Å². The molecule has 0 aromatic rings. The number of hydrogen-bond donors (Lipinski definition) is 0. The van der Waals surface area contributed by atoms with Crippen molar-refractivity contribution in [2.45, 2.75) is 322 Å². The second-order valence-electron chi connectivity index (χ2n) is 18.9. The molecule has 0 aliphatic rings. The third-order valence-electron chi connectivity index (χ3n) is 12.6. The summed E-state index contributed by atoms with van der Waals surface area (Å²) in [5, 5.41) is 0. The number of ether oxygens (including phenoxy) is 3. The molecule has 362 valence electrons. The molecule has 0 heterocycles. The van der Waals surface area contributed by atoms with Crippen LogP contribution in [0.25, 0.3) is 0 Å². The summed E-state index contributed by atoms with van der Waals surface area (Å²) in [5.41, 5.74) is 0. The number of hydrogen-bond acceptors (Lipinski definition) is 6. The quantitative estimate of drug-likeness (QED) is 0.0344. The highest BCUT2D eigenvalue weighted by molar-refractivity contribution is 5.71. The summed E-state index contributed by atoms with van der Waals surface area (Å²) in [7, 11) is 0. The van der Waals surface area contributed by atoms with Gasteiger partial charge in [-0.15, -0.1) is 0 Å². The van der Waals surface area contributed by atoms with Crippen LogP contribution in [0.2, 0.25) is 0 Å². The van der Waals surface area contributed by atoms with Gasteiger partial charge in [0.1, 0.15) is 13.2 Å². The number of rotatable bonds is 51. The molecule has 0 fully saturated rings. The lowest BCUT2D eigenvalue weighted by molar-refractivity contribution is -0.167. The van der Waals surface area contributed by atoms with E-state index in [-0.39, 0.29) is 31.1 Å². The summed E-state index contributed by atoms with van der Waals surface area (Å²) in [6, 6.07) is 0. The molecule has 0 saturated carbocycles. The highest BCUT2D eigenvalue weighted by Crippen LogP contribution is 2.17. The van der Waals surface area contributed by atoms with Gasteiger partial charge in [0.2, 0.25) is 0 Å². The van der Waals surface area contributed by atoms with E-state index in [4.69, 9.17) is 14.2 Å². The Morgan fingerprint density at radius 2 is 0.443 bits per heavy atom. The van der Waals surface area contributed by atoms with E-state index in [9.17, 15) is 14.4 Å². The van der Waals surface area contributed by atoms with Gasteiger partial charge in [0, 0.05) is 19.3 Å². The van der Waals surface area contributed by atoms with Crippen molar-refractivity contribution in [2.75, 3.05) is 13.2 Å². The molecule has 0 aliphatic heterocycles. The summed E-state index contributed by atoms with van der Waals surface area (Å²) < 4.78 is 16.8. The average Bonchev–Trinajstić information content (AvgIpc) is 3.26. The molecule has 0 aromatic heterocycles. The molecule has 0 amide bonds. The Morgan fingerprint density at radius 1 is 0.262 bits per heavy atom. The molecule has 0 aliphatic carbocycles. The summed E-state index contributed by atoms with van der Waals surface area (Å²) in [5.74, 6) is -0.840. The van der Waals surface area contributed by atoms with Gasteiger partial charge in [0.15, 0.2) is 6.10 Å². The van der Waals surface area contributed by atoms with Crippen LogP contribution < -0.4 is 0 Å². The third-order valence-corrected chi connectivity index (χ3v) is 12.6. The van der Waals surface area contributed by atoms with E-state index < -0.39 is 6.10 Å². The minimum Gasteiger partial charge on any atom is -0.462 e. The molecule has 0 aromatic carbocycles. The Labute approximate surface area is 380 Å². The van der Waals surface area contributed by atoms with Crippen LogP contribution in [0, 0.1) is 0 Å². The Morgan fingerprint density at radius 3 is 0.656 bits per heavy atom. The smallest absolute Gasteiger partial charge is 0.306 e. The Hall–Kier alpha value is -1.59. The molecule has 0 bridgehead atoms. The molecule has 0 spiro atoms. The van der Waals surface area contributed by atoms with Gasteiger partial charge in [-0.3, -0.25) is 14.4 Å². The SMILES string of the molecule is CCCCCCCCCCCCCCCCCCCCCC(=O)OCC(COC(=O)CCCCCCCCCCC)OC(=O)CCCCCCCCCCCCCCCCC. The number of esters is 3. The highest BCUT2D eigenvalue weighted by atomic mass is 16.6. The van der Waals surface area contributed by atoms with E-state index in [2.05, 4.69) is 20.8 Å². The lowest BCUT2D eigenvalue weighted by atomic mass is 10.0. The van der Waals surface area contributed by atoms with E-state index in [0.717, 1.165) is 57.8 Å². The average molecular weight is 863 g/mol. The van der Waals surface area contributed by atoms with E-state index in [1.165, 1.54) is 218 Å². The highest BCUT2D eigenvalue weighted by Gasteiger charge is 2.19. The zero-order valence-electron chi connectivity index (χ0n) is 41.5. The first-order valence-corrected chi connectivity index (χ1v) is 27.5. The molecule has 1 atom stereocenters. The van der Waals surface area contributed by atoms with Crippen molar-refractivity contribution in [1.29, 1.82) is 0 Å². The Balaban J connectivity index is 4.21. The van der Waals surface area contributed by atoms with Crippen LogP contribution in [0.4, 0.5) is 0 Å². The van der Waals surface area contributed by atoms with Crippen LogP contribution in [0.15, 0.2) is 0 Å². The van der Waals surface area contributed by atoms with Crippen LogP contribution in [-0.2, 0) is 28.6 Å². The molecule has 0 radical (unpaired) electrons. The standard InChI is InChI=1S/C55H106O6/c1-4-7-10-13-16-19-21-23-25-26-27-28-30-31-33-36-39-42-45-48-54(57)60-51-52(50-59-53(56)47-44-41-38-35-18-15-12-9-6-3)61-55(58)49-46-43-40-37-34-32-29-24-22-20-17-14-11-8-5-2/h52H,4-51H2,1-3H3. The zero-order valence-corrected chi connectivity index (χ0v) is 41.5. The van der Waals surface area contributed by atoms with Gasteiger partial charge >= 0.3 is 17.9 Å². The molecule has 0 saturated heterocycles. The normalized spacial score (nSPS) is 11.9. The van der Waals surface area contributed by atoms with Gasteiger partial charge in [-0.1, -0.05) is 278 Å². The van der Waals surface area contributed by atoms with Crippen LogP contribution >= 0.6 is 0 Å². The Bertz CT molecular complexity index is 905. The van der Waals surface area contributed by atoms with Crippen LogP contribution in [0.3, 0.4) is 0 Å². The molecule has 6 nitrogen and oxygen atoms in total. The minimum atomic E-state index is -0.759. The number of carbonyl (C=O) groups excluding carboxylic acids is 3. The molecular formula is C55H106O6. The largest absolute Gasteiger partial charge is 0.462 e. The second-order valence-corrected chi connectivity index (χ2v) is 18.9. The van der Waals surface area contributed by atoms with E-state index >= 15 is 0 Å². The van der Waals surface area contributed by atoms with Crippen LogP contribution in [0.1, 0.15) is 316 Å². The predicted molar refractivity (Wildman–Crippen MR) is 261 cm³/mol. The van der Waals surface area contributed by atoms with Crippen molar-refractivity contribution in [2.24, 2.45) is 0 Å². The van der Waals surface area contributed by atoms with Gasteiger partial charge in [0.25, 0.3) is 0 Å². The first kappa shape index (κ1) is 59.4. The monoisotopic (exact) mass is 863 g/mol. The van der Waals surface area contributed by atoms with Gasteiger partial charge in [-0.25, -0.2) is 0 Å². The topological polar surface area (TPSA) is 78.9 Å². The molecule has 0 rings (SSSR count). The third kappa shape index (κ3) is 49.3. The van der Waals surface area contributed by atoms with Crippen LogP contribution in [-0.4, -0.2) is 37.2 Å². The maximum atomic E-state index is 12.8. The van der Waals surface area contributed by atoms with Crippen molar-refractivity contribution < 1.29 is 28.6 Å². The van der Waals surface area contributed by atoms with E-state index in [1.807, 2.05) is 0 Å². The van der Waals surface area contributed by atoms with Crippen molar-refractivity contribution in [3.63, 3.8) is 0 Å². The fraction of sp³-hybridized carbons (Fsp3) is 0.945. The van der Waals surface area contributed by atoms with Crippen molar-refractivity contribution in [3.05, 3.63) is 0 Å². The van der Waals surface area contributed by atoms with Gasteiger partial charge in [0.05, 0.1) is 0 Å². The van der Waals surface area contributed by atoms with Crippen LogP contribution in [0.5, 0.6) is 0 Å². The number of unbranched alkanes of at least 4 members (excludes halogenated alkanes) is 40. The van der Waals surface area contributed by atoms with E-state index in [1.54, 1.807) is 0 Å². The molecule has 6 heteroatoms. The first-order valence-electron chi connectivity index (χ1n) is 27.5. The predicted octanol–water partition coefficient (Wildman–Crippen LogP) is 18.0. The van der Waals surface area contributed by atoms with Gasteiger partial charge in [-0.05, 0) is 19.3 Å². The number of carbonyl (C=O) groups is 3. The molecular weight excluding hydrogens is 757 g/mol. The lowest BCUT2D eigenvalue weighted by Gasteiger charge is -2.18. The minimum absolute atomic E-state index is 0.0616.